The number of nitrogens with zero attached hydrogens (tertiary/aromatic N) is 1. The van der Waals surface area contributed by atoms with Crippen LogP contribution >= 0.6 is 7.37 Å². The Labute approximate surface area is 185 Å². The normalized spacial score (nSPS) is 16.3. The number of carbonyl (C=O) groups is 1. The van der Waals surface area contributed by atoms with Gasteiger partial charge in [-0.2, -0.15) is 0 Å². The molecule has 8 heteroatoms. The van der Waals surface area contributed by atoms with Crippen LogP contribution in [-0.4, -0.2) is 32.2 Å². The number of fused-ring (bicyclic) bond motifs is 1. The molecule has 0 aliphatic rings. The van der Waals surface area contributed by atoms with Gasteiger partial charge in [0.1, 0.15) is 5.82 Å². The molecule has 168 valence electrons. The van der Waals surface area contributed by atoms with E-state index in [1.165, 1.54) is 24.3 Å². The standard InChI is InChI=1S/C24H25FNO5P/c1-5-32(30,31)24(15(4)27,23(28)29)21-20(16-10-12-17(25)13-11-16)18-8-6-7-9-19(18)26-22(21)14(2)3/h5-15,27H,1H2,2-4H3,(H,28,29)(H,30,31). The van der Waals surface area contributed by atoms with Crippen molar-refractivity contribution in [1.82, 2.24) is 4.98 Å². The lowest BCUT2D eigenvalue weighted by molar-refractivity contribution is -0.143. The minimum atomic E-state index is -4.75. The zero-order valence-corrected chi connectivity index (χ0v) is 18.9. The summed E-state index contributed by atoms with van der Waals surface area (Å²) in [7, 11) is -4.75. The highest BCUT2D eigenvalue weighted by Gasteiger charge is 2.60. The Morgan fingerprint density at radius 2 is 1.75 bits per heavy atom. The van der Waals surface area contributed by atoms with Gasteiger partial charge >= 0.3 is 5.97 Å². The molecule has 0 spiro atoms. The van der Waals surface area contributed by atoms with Crippen molar-refractivity contribution >= 4 is 24.2 Å². The number of aliphatic carboxylic acids is 1. The quantitative estimate of drug-likeness (QED) is 0.419. The molecule has 3 atom stereocenters. The lowest BCUT2D eigenvalue weighted by Crippen LogP contribution is -2.46. The fraction of sp³-hybridized carbons (Fsp3) is 0.250. The highest BCUT2D eigenvalue weighted by molar-refractivity contribution is 7.63. The number of aliphatic hydroxyl groups excluding tert-OH is 1. The number of aliphatic hydroxyl groups is 1. The van der Waals surface area contributed by atoms with E-state index in [2.05, 4.69) is 11.6 Å². The van der Waals surface area contributed by atoms with E-state index in [0.29, 0.717) is 27.8 Å². The number of carboxylic acid groups (broad SMARTS) is 1. The molecule has 6 nitrogen and oxygen atoms in total. The summed E-state index contributed by atoms with van der Waals surface area (Å²) in [5.41, 5.74) is 1.44. The lowest BCUT2D eigenvalue weighted by atomic mass is 9.81. The zero-order chi connectivity index (χ0) is 23.8. The van der Waals surface area contributed by atoms with Gasteiger partial charge in [-0.3, -0.25) is 14.3 Å². The van der Waals surface area contributed by atoms with Crippen LogP contribution in [0.2, 0.25) is 0 Å². The van der Waals surface area contributed by atoms with Gasteiger partial charge in [0.05, 0.1) is 11.6 Å². The summed E-state index contributed by atoms with van der Waals surface area (Å²) in [6.45, 7) is 8.10. The molecule has 0 amide bonds. The van der Waals surface area contributed by atoms with Gasteiger partial charge in [0.25, 0.3) is 0 Å². The van der Waals surface area contributed by atoms with Crippen LogP contribution < -0.4 is 0 Å². The van der Waals surface area contributed by atoms with Crippen LogP contribution in [0.25, 0.3) is 22.0 Å². The summed E-state index contributed by atoms with van der Waals surface area (Å²) in [4.78, 5) is 28.4. The highest BCUT2D eigenvalue weighted by Crippen LogP contribution is 2.65. The molecule has 3 unspecified atom stereocenters. The van der Waals surface area contributed by atoms with E-state index in [4.69, 9.17) is 0 Å². The fourth-order valence-electron chi connectivity index (χ4n) is 4.15. The molecule has 0 fully saturated rings. The summed E-state index contributed by atoms with van der Waals surface area (Å²) in [5.74, 6) is -1.85. The number of carboxylic acids is 1. The summed E-state index contributed by atoms with van der Waals surface area (Å²) in [6, 6.07) is 12.3. The smallest absolute Gasteiger partial charge is 0.327 e. The van der Waals surface area contributed by atoms with E-state index in [9.17, 15) is 28.9 Å². The molecule has 3 aromatic rings. The number of rotatable bonds is 7. The fourth-order valence-corrected chi connectivity index (χ4v) is 5.80. The van der Waals surface area contributed by atoms with Crippen LogP contribution in [0.3, 0.4) is 0 Å². The molecule has 0 radical (unpaired) electrons. The third-order valence-electron chi connectivity index (χ3n) is 5.66. The number of hydrogen-bond donors (Lipinski definition) is 3. The van der Waals surface area contributed by atoms with E-state index in [0.717, 1.165) is 6.92 Å². The minimum Gasteiger partial charge on any atom is -0.480 e. The molecular formula is C24H25FNO5P. The van der Waals surface area contributed by atoms with Gasteiger partial charge in [-0.15, -0.1) is 0 Å². The molecule has 1 heterocycles. The summed E-state index contributed by atoms with van der Waals surface area (Å²) in [6.07, 6.45) is -1.78. The number of halogens is 1. The third kappa shape index (κ3) is 3.56. The van der Waals surface area contributed by atoms with Gasteiger partial charge in [-0.1, -0.05) is 50.8 Å². The molecular weight excluding hydrogens is 432 g/mol. The SMILES string of the molecule is C=CP(=O)(O)C(C(=O)O)(c1c(C(C)C)nc2ccccc2c1-c1ccc(F)cc1)C(C)O. The first-order chi connectivity index (χ1) is 15.0. The van der Waals surface area contributed by atoms with Crippen LogP contribution in [-0.2, 0) is 14.5 Å². The van der Waals surface area contributed by atoms with Gasteiger partial charge in [0, 0.05) is 16.6 Å². The van der Waals surface area contributed by atoms with Crippen molar-refractivity contribution in [3.8, 4) is 11.1 Å². The molecule has 0 saturated heterocycles. The topological polar surface area (TPSA) is 108 Å². The maximum Gasteiger partial charge on any atom is 0.327 e. The van der Waals surface area contributed by atoms with Gasteiger partial charge in [-0.25, -0.2) is 4.39 Å². The van der Waals surface area contributed by atoms with E-state index in [1.54, 1.807) is 38.1 Å². The van der Waals surface area contributed by atoms with Crippen LogP contribution in [0, 0.1) is 5.82 Å². The van der Waals surface area contributed by atoms with Crippen molar-refractivity contribution in [3.05, 3.63) is 78.0 Å². The molecule has 3 rings (SSSR count). The second kappa shape index (κ2) is 8.58. The number of aromatic nitrogens is 1. The first-order valence-electron chi connectivity index (χ1n) is 10.1. The Morgan fingerprint density at radius 3 is 2.25 bits per heavy atom. The largest absolute Gasteiger partial charge is 0.480 e. The molecule has 0 aliphatic heterocycles. The molecule has 0 bridgehead atoms. The average Bonchev–Trinajstić information content (AvgIpc) is 2.73. The van der Waals surface area contributed by atoms with Crippen molar-refractivity contribution in [2.45, 2.75) is 37.9 Å². The third-order valence-corrected chi connectivity index (χ3v) is 7.96. The van der Waals surface area contributed by atoms with Crippen LogP contribution in [0.4, 0.5) is 4.39 Å². The van der Waals surface area contributed by atoms with E-state index >= 15 is 0 Å². The van der Waals surface area contributed by atoms with E-state index < -0.39 is 30.4 Å². The Bertz CT molecular complexity index is 1240. The van der Waals surface area contributed by atoms with E-state index in [-0.39, 0.29) is 17.2 Å². The van der Waals surface area contributed by atoms with Gasteiger partial charge in [0.2, 0.25) is 7.37 Å². The summed E-state index contributed by atoms with van der Waals surface area (Å²) < 4.78 is 27.2. The zero-order valence-electron chi connectivity index (χ0n) is 18.0. The predicted octanol–water partition coefficient (Wildman–Crippen LogP) is 5.24. The molecule has 3 N–H and O–H groups in total. The maximum absolute atomic E-state index is 13.7. The summed E-state index contributed by atoms with van der Waals surface area (Å²) >= 11 is 0. The minimum absolute atomic E-state index is 0.0777. The molecule has 0 saturated carbocycles. The van der Waals surface area contributed by atoms with Crippen LogP contribution in [0.1, 0.15) is 37.9 Å². The predicted molar refractivity (Wildman–Crippen MR) is 122 cm³/mol. The van der Waals surface area contributed by atoms with E-state index in [1.807, 2.05) is 0 Å². The van der Waals surface area contributed by atoms with Crippen LogP contribution in [0.5, 0.6) is 0 Å². The first-order valence-corrected chi connectivity index (χ1v) is 11.8. The Kier molecular flexibility index (Phi) is 6.38. The van der Waals surface area contributed by atoms with Gasteiger partial charge in [-0.05, 0) is 48.0 Å². The van der Waals surface area contributed by atoms with Crippen molar-refractivity contribution in [1.29, 1.82) is 0 Å². The molecule has 2 aromatic carbocycles. The Morgan fingerprint density at radius 1 is 1.16 bits per heavy atom. The van der Waals surface area contributed by atoms with Crippen molar-refractivity contribution in [2.75, 3.05) is 0 Å². The maximum atomic E-state index is 13.7. The average molecular weight is 457 g/mol. The lowest BCUT2D eigenvalue weighted by Gasteiger charge is -2.38. The Hall–Kier alpha value is -2.86. The van der Waals surface area contributed by atoms with Crippen molar-refractivity contribution in [3.63, 3.8) is 0 Å². The van der Waals surface area contributed by atoms with Crippen LogP contribution in [0.15, 0.2) is 60.9 Å². The van der Waals surface area contributed by atoms with Gasteiger partial charge < -0.3 is 15.1 Å². The van der Waals surface area contributed by atoms with Crippen molar-refractivity contribution in [2.24, 2.45) is 0 Å². The van der Waals surface area contributed by atoms with Gasteiger partial charge in [0.15, 0.2) is 5.16 Å². The second-order valence-corrected chi connectivity index (χ2v) is 10.3. The first kappa shape index (κ1) is 23.8. The monoisotopic (exact) mass is 457 g/mol. The number of pyridine rings is 1. The highest BCUT2D eigenvalue weighted by atomic mass is 31.2. The number of para-hydroxylation sites is 1. The number of benzene rings is 2. The molecule has 0 aliphatic carbocycles. The summed E-state index contributed by atoms with van der Waals surface area (Å²) in [5, 5.41) is 19.0. The number of hydrogen-bond acceptors (Lipinski definition) is 4. The second-order valence-electron chi connectivity index (χ2n) is 7.98. The molecule has 32 heavy (non-hydrogen) atoms. The van der Waals surface area contributed by atoms with Crippen molar-refractivity contribution < 1.29 is 28.9 Å². The molecule has 1 aromatic heterocycles. The Balaban J connectivity index is 2.71.